The zero-order valence-electron chi connectivity index (χ0n) is 14.2. The van der Waals surface area contributed by atoms with Crippen molar-refractivity contribution in [3.8, 4) is 6.07 Å². The summed E-state index contributed by atoms with van der Waals surface area (Å²) in [6.45, 7) is 0.751. The van der Waals surface area contributed by atoms with E-state index in [4.69, 9.17) is 15.1 Å². The Morgan fingerprint density at radius 2 is 1.85 bits per heavy atom. The fraction of sp³-hybridized carbons (Fsp3) is 0.412. The van der Waals surface area contributed by atoms with Crippen molar-refractivity contribution in [3.63, 3.8) is 0 Å². The molecule has 0 fully saturated rings. The second kappa shape index (κ2) is 10.7. The molecule has 9 nitrogen and oxygen atoms in total. The van der Waals surface area contributed by atoms with Crippen molar-refractivity contribution in [1.29, 1.82) is 5.26 Å². The highest BCUT2D eigenvalue weighted by molar-refractivity contribution is 5.89. The molecule has 26 heavy (non-hydrogen) atoms. The minimum absolute atomic E-state index is 0.0239. The summed E-state index contributed by atoms with van der Waals surface area (Å²) in [5.74, 6) is -2.79. The summed E-state index contributed by atoms with van der Waals surface area (Å²) < 4.78 is 4.94. The van der Waals surface area contributed by atoms with Crippen molar-refractivity contribution >= 4 is 18.0 Å². The highest BCUT2D eigenvalue weighted by atomic mass is 16.5. The van der Waals surface area contributed by atoms with Crippen LogP contribution in [0.1, 0.15) is 18.9 Å². The monoisotopic (exact) mass is 363 g/mol. The number of carbonyl (C=O) groups is 3. The van der Waals surface area contributed by atoms with Gasteiger partial charge in [-0.05, 0) is 18.9 Å². The number of carbonyl (C=O) groups excluding carboxylic acids is 2. The summed E-state index contributed by atoms with van der Waals surface area (Å²) in [5, 5.41) is 31.5. The lowest BCUT2D eigenvalue weighted by molar-refractivity contribution is -0.142. The van der Waals surface area contributed by atoms with Crippen LogP contribution in [-0.2, 0) is 20.9 Å². The van der Waals surface area contributed by atoms with Gasteiger partial charge >= 0.3 is 12.1 Å². The minimum Gasteiger partial charge on any atom is -0.480 e. The lowest BCUT2D eigenvalue weighted by atomic mass is 10.0. The number of hydrogen-bond donors (Lipinski definition) is 4. The third-order valence-electron chi connectivity index (χ3n) is 3.43. The Kier molecular flexibility index (Phi) is 8.60. The third-order valence-corrected chi connectivity index (χ3v) is 3.43. The topological polar surface area (TPSA) is 149 Å². The molecule has 0 unspecified atom stereocenters. The standard InChI is InChI=1S/C17H21N3O6/c1-11(8-18)7-13(16(23)24)19-15(22)14(9-21)20-17(25)26-10-12-5-3-2-4-6-12/h2-6,11,13-14,21H,7,9-10H2,1H3,(H,19,22)(H,20,25)(H,23,24)/t11-,13-,14-/m0/s1. The van der Waals surface area contributed by atoms with Gasteiger partial charge in [0.1, 0.15) is 18.7 Å². The quantitative estimate of drug-likeness (QED) is 0.496. The largest absolute Gasteiger partial charge is 0.480 e. The van der Waals surface area contributed by atoms with Gasteiger partial charge in [0.15, 0.2) is 0 Å². The van der Waals surface area contributed by atoms with Crippen LogP contribution in [0.4, 0.5) is 4.79 Å². The Bertz CT molecular complexity index is 658. The van der Waals surface area contributed by atoms with Gasteiger partial charge in [-0.15, -0.1) is 0 Å². The molecule has 0 aliphatic carbocycles. The molecule has 1 rings (SSSR count). The summed E-state index contributed by atoms with van der Waals surface area (Å²) in [7, 11) is 0. The van der Waals surface area contributed by atoms with E-state index in [1.807, 2.05) is 12.1 Å². The number of aliphatic carboxylic acids is 1. The second-order valence-electron chi connectivity index (χ2n) is 5.61. The van der Waals surface area contributed by atoms with E-state index < -0.39 is 42.6 Å². The molecule has 4 N–H and O–H groups in total. The van der Waals surface area contributed by atoms with Crippen molar-refractivity contribution in [2.45, 2.75) is 32.0 Å². The first kappa shape index (κ1) is 20.9. The molecule has 1 aromatic carbocycles. The number of nitrogens with zero attached hydrogens (tertiary/aromatic N) is 1. The molecule has 0 aromatic heterocycles. The number of amides is 2. The van der Waals surface area contributed by atoms with Crippen molar-refractivity contribution in [3.05, 3.63) is 35.9 Å². The zero-order valence-corrected chi connectivity index (χ0v) is 14.2. The normalized spacial score (nSPS) is 13.6. The first-order valence-corrected chi connectivity index (χ1v) is 7.88. The summed E-state index contributed by atoms with van der Waals surface area (Å²) in [6, 6.07) is 8.04. The molecule has 0 saturated heterocycles. The van der Waals surface area contributed by atoms with Gasteiger partial charge in [-0.2, -0.15) is 5.26 Å². The number of nitriles is 1. The Morgan fingerprint density at radius 3 is 2.38 bits per heavy atom. The van der Waals surface area contributed by atoms with Gasteiger partial charge in [0, 0.05) is 5.92 Å². The van der Waals surface area contributed by atoms with Crippen LogP contribution in [0.3, 0.4) is 0 Å². The SMILES string of the molecule is C[C@H](C#N)C[C@H](NC(=O)[C@H](CO)NC(=O)OCc1ccccc1)C(=O)O. The number of benzene rings is 1. The number of aliphatic hydroxyl groups is 1. The van der Waals surface area contributed by atoms with Crippen molar-refractivity contribution in [1.82, 2.24) is 10.6 Å². The lowest BCUT2D eigenvalue weighted by Gasteiger charge is -2.20. The van der Waals surface area contributed by atoms with Crippen LogP contribution in [-0.4, -0.2) is 46.9 Å². The van der Waals surface area contributed by atoms with Crippen molar-refractivity contribution in [2.75, 3.05) is 6.61 Å². The first-order valence-electron chi connectivity index (χ1n) is 7.88. The van der Waals surface area contributed by atoms with E-state index in [9.17, 15) is 19.5 Å². The summed E-state index contributed by atoms with van der Waals surface area (Å²) >= 11 is 0. The van der Waals surface area contributed by atoms with E-state index in [1.165, 1.54) is 6.92 Å². The van der Waals surface area contributed by atoms with Crippen LogP contribution in [0.5, 0.6) is 0 Å². The van der Waals surface area contributed by atoms with E-state index in [1.54, 1.807) is 24.3 Å². The molecular weight excluding hydrogens is 342 g/mol. The van der Waals surface area contributed by atoms with Gasteiger partial charge in [0.05, 0.1) is 12.7 Å². The van der Waals surface area contributed by atoms with Gasteiger partial charge in [0.2, 0.25) is 5.91 Å². The van der Waals surface area contributed by atoms with Gasteiger partial charge < -0.3 is 25.6 Å². The highest BCUT2D eigenvalue weighted by Gasteiger charge is 2.27. The molecule has 0 heterocycles. The summed E-state index contributed by atoms with van der Waals surface area (Å²) in [4.78, 5) is 35.0. The molecule has 1 aromatic rings. The van der Waals surface area contributed by atoms with Crippen molar-refractivity contribution < 1.29 is 29.3 Å². The average Bonchev–Trinajstić information content (AvgIpc) is 2.64. The Hall–Kier alpha value is -3.12. The molecule has 2 amide bonds. The van der Waals surface area contributed by atoms with E-state index in [0.29, 0.717) is 0 Å². The van der Waals surface area contributed by atoms with Gasteiger partial charge in [-0.1, -0.05) is 30.3 Å². The number of nitrogens with one attached hydrogen (secondary N) is 2. The smallest absolute Gasteiger partial charge is 0.408 e. The fourth-order valence-electron chi connectivity index (χ4n) is 2.00. The maximum absolute atomic E-state index is 12.1. The fourth-order valence-corrected chi connectivity index (χ4v) is 2.00. The van der Waals surface area contributed by atoms with Crippen LogP contribution >= 0.6 is 0 Å². The number of rotatable bonds is 9. The van der Waals surface area contributed by atoms with Gasteiger partial charge in [-0.25, -0.2) is 9.59 Å². The summed E-state index contributed by atoms with van der Waals surface area (Å²) in [5.41, 5.74) is 0.740. The number of alkyl carbamates (subject to hydrolysis) is 1. The van der Waals surface area contributed by atoms with Crippen molar-refractivity contribution in [2.24, 2.45) is 5.92 Å². The van der Waals surface area contributed by atoms with E-state index in [2.05, 4.69) is 10.6 Å². The Labute approximate surface area is 150 Å². The highest BCUT2D eigenvalue weighted by Crippen LogP contribution is 2.06. The minimum atomic E-state index is -1.38. The number of aliphatic hydroxyl groups excluding tert-OH is 1. The van der Waals surface area contributed by atoms with Crippen LogP contribution in [0.15, 0.2) is 30.3 Å². The van der Waals surface area contributed by atoms with Crippen LogP contribution < -0.4 is 10.6 Å². The van der Waals surface area contributed by atoms with Gasteiger partial charge in [0.25, 0.3) is 0 Å². The van der Waals surface area contributed by atoms with E-state index >= 15 is 0 Å². The van der Waals surface area contributed by atoms with Crippen LogP contribution in [0.25, 0.3) is 0 Å². The van der Waals surface area contributed by atoms with E-state index in [-0.39, 0.29) is 13.0 Å². The molecule has 0 bridgehead atoms. The molecule has 0 aliphatic rings. The zero-order chi connectivity index (χ0) is 19.5. The second-order valence-corrected chi connectivity index (χ2v) is 5.61. The lowest BCUT2D eigenvalue weighted by Crippen LogP contribution is -2.53. The molecule has 0 saturated carbocycles. The molecule has 0 spiro atoms. The maximum atomic E-state index is 12.1. The molecule has 9 heteroatoms. The van der Waals surface area contributed by atoms with E-state index in [0.717, 1.165) is 5.56 Å². The van der Waals surface area contributed by atoms with Gasteiger partial charge in [-0.3, -0.25) is 4.79 Å². The first-order chi connectivity index (χ1) is 12.4. The number of ether oxygens (including phenoxy) is 1. The Balaban J connectivity index is 2.57. The number of carboxylic acids is 1. The maximum Gasteiger partial charge on any atom is 0.408 e. The Morgan fingerprint density at radius 1 is 1.19 bits per heavy atom. The predicted molar refractivity (Wildman–Crippen MR) is 89.6 cm³/mol. The molecule has 140 valence electrons. The third kappa shape index (κ3) is 7.19. The average molecular weight is 363 g/mol. The number of carboxylic acid groups (broad SMARTS) is 1. The molecular formula is C17H21N3O6. The van der Waals surface area contributed by atoms with Crippen LogP contribution in [0.2, 0.25) is 0 Å². The predicted octanol–water partition coefficient (Wildman–Crippen LogP) is 0.393. The number of hydrogen-bond acceptors (Lipinski definition) is 6. The van der Waals surface area contributed by atoms with Crippen LogP contribution in [0, 0.1) is 17.2 Å². The molecule has 0 aliphatic heterocycles. The summed E-state index contributed by atoms with van der Waals surface area (Å²) in [6.07, 6.45) is -1.03. The molecule has 0 radical (unpaired) electrons. The molecule has 3 atom stereocenters.